The Morgan fingerprint density at radius 2 is 2.41 bits per heavy atom. The van der Waals surface area contributed by atoms with Gasteiger partial charge in [-0.2, -0.15) is 0 Å². The molecule has 0 aromatic carbocycles. The third-order valence-electron chi connectivity index (χ3n) is 3.03. The molecule has 1 aromatic heterocycles. The van der Waals surface area contributed by atoms with E-state index in [0.29, 0.717) is 25.1 Å². The molecule has 1 atom stereocenters. The van der Waals surface area contributed by atoms with Crippen molar-refractivity contribution in [3.05, 3.63) is 12.4 Å². The second-order valence-electron chi connectivity index (χ2n) is 4.29. The van der Waals surface area contributed by atoms with E-state index >= 15 is 0 Å². The van der Waals surface area contributed by atoms with Crippen molar-refractivity contribution in [2.24, 2.45) is 5.73 Å². The highest BCUT2D eigenvalue weighted by Gasteiger charge is 2.24. The van der Waals surface area contributed by atoms with Crippen molar-refractivity contribution in [1.82, 2.24) is 9.97 Å². The molecule has 1 aromatic rings. The maximum Gasteiger partial charge on any atom is 0.218 e. The van der Waals surface area contributed by atoms with Crippen molar-refractivity contribution in [3.8, 4) is 5.88 Å². The smallest absolute Gasteiger partial charge is 0.218 e. The van der Waals surface area contributed by atoms with Crippen molar-refractivity contribution in [2.45, 2.75) is 32.2 Å². The molecule has 0 radical (unpaired) electrons. The Morgan fingerprint density at radius 3 is 3.18 bits per heavy atom. The van der Waals surface area contributed by atoms with Gasteiger partial charge < -0.3 is 15.4 Å². The quantitative estimate of drug-likeness (QED) is 0.832. The van der Waals surface area contributed by atoms with Crippen LogP contribution < -0.4 is 15.4 Å². The van der Waals surface area contributed by atoms with Crippen LogP contribution in [0.15, 0.2) is 12.4 Å². The number of anilines is 1. The Kier molecular flexibility index (Phi) is 4.14. The molecular formula is C12H20N4O. The molecule has 5 heteroatoms. The number of hydrogen-bond acceptors (Lipinski definition) is 5. The Labute approximate surface area is 102 Å². The Balaban J connectivity index is 2.09. The minimum absolute atomic E-state index is 0.406. The van der Waals surface area contributed by atoms with Crippen LogP contribution in [0.3, 0.4) is 0 Å². The fraction of sp³-hybridized carbons (Fsp3) is 0.667. The van der Waals surface area contributed by atoms with Gasteiger partial charge in [0.05, 0.1) is 6.61 Å². The van der Waals surface area contributed by atoms with E-state index in [1.165, 1.54) is 6.42 Å². The van der Waals surface area contributed by atoms with E-state index in [2.05, 4.69) is 21.8 Å². The zero-order chi connectivity index (χ0) is 12.1. The van der Waals surface area contributed by atoms with Gasteiger partial charge >= 0.3 is 0 Å². The summed E-state index contributed by atoms with van der Waals surface area (Å²) in [6.07, 6.45) is 4.86. The monoisotopic (exact) mass is 236 g/mol. The lowest BCUT2D eigenvalue weighted by Gasteiger charge is -2.24. The summed E-state index contributed by atoms with van der Waals surface area (Å²) in [6, 6.07) is 2.31. The van der Waals surface area contributed by atoms with Crippen LogP contribution >= 0.6 is 0 Å². The molecule has 5 nitrogen and oxygen atoms in total. The first-order valence-electron chi connectivity index (χ1n) is 6.26. The molecule has 94 valence electrons. The van der Waals surface area contributed by atoms with E-state index < -0.39 is 0 Å². The summed E-state index contributed by atoms with van der Waals surface area (Å²) in [7, 11) is 0. The maximum atomic E-state index is 5.76. The standard InChI is InChI=1S/C12H20N4O/c1-2-6-17-12-7-11(14-9-15-12)16-5-3-4-10(16)8-13/h7,9-10H,2-6,8,13H2,1H3. The third-order valence-corrected chi connectivity index (χ3v) is 3.03. The van der Waals surface area contributed by atoms with E-state index in [9.17, 15) is 0 Å². The fourth-order valence-electron chi connectivity index (χ4n) is 2.15. The van der Waals surface area contributed by atoms with Crippen LogP contribution in [-0.4, -0.2) is 35.7 Å². The second-order valence-corrected chi connectivity index (χ2v) is 4.29. The summed E-state index contributed by atoms with van der Waals surface area (Å²) < 4.78 is 5.52. The van der Waals surface area contributed by atoms with Crippen LogP contribution in [0.2, 0.25) is 0 Å². The molecule has 0 amide bonds. The van der Waals surface area contributed by atoms with E-state index in [1.54, 1.807) is 6.33 Å². The van der Waals surface area contributed by atoms with Crippen LogP contribution in [-0.2, 0) is 0 Å². The lowest BCUT2D eigenvalue weighted by atomic mass is 10.2. The normalized spacial score (nSPS) is 19.6. The molecule has 0 bridgehead atoms. The summed E-state index contributed by atoms with van der Waals surface area (Å²) in [5.74, 6) is 1.58. The molecule has 1 aliphatic heterocycles. The van der Waals surface area contributed by atoms with Gasteiger partial charge in [0.25, 0.3) is 0 Å². The van der Waals surface area contributed by atoms with E-state index in [1.807, 2.05) is 6.07 Å². The van der Waals surface area contributed by atoms with Crippen molar-refractivity contribution in [3.63, 3.8) is 0 Å². The molecule has 1 unspecified atom stereocenters. The zero-order valence-corrected chi connectivity index (χ0v) is 10.3. The van der Waals surface area contributed by atoms with E-state index in [0.717, 1.165) is 25.2 Å². The van der Waals surface area contributed by atoms with Gasteiger partial charge in [-0.15, -0.1) is 0 Å². The predicted octanol–water partition coefficient (Wildman–Crippen LogP) is 1.19. The Bertz CT molecular complexity index is 358. The summed E-state index contributed by atoms with van der Waals surface area (Å²) in [6.45, 7) is 4.46. The number of aromatic nitrogens is 2. The SMILES string of the molecule is CCCOc1cc(N2CCCC2CN)ncn1. The van der Waals surface area contributed by atoms with Gasteiger partial charge in [-0.1, -0.05) is 6.92 Å². The van der Waals surface area contributed by atoms with Crippen molar-refractivity contribution in [1.29, 1.82) is 0 Å². The lowest BCUT2D eigenvalue weighted by molar-refractivity contribution is 0.304. The number of ether oxygens (including phenoxy) is 1. The van der Waals surface area contributed by atoms with Gasteiger partial charge in [-0.05, 0) is 19.3 Å². The van der Waals surface area contributed by atoms with Gasteiger partial charge in [0.1, 0.15) is 12.1 Å². The fourth-order valence-corrected chi connectivity index (χ4v) is 2.15. The molecule has 17 heavy (non-hydrogen) atoms. The van der Waals surface area contributed by atoms with Crippen molar-refractivity contribution >= 4 is 5.82 Å². The Hall–Kier alpha value is -1.36. The largest absolute Gasteiger partial charge is 0.478 e. The molecular weight excluding hydrogens is 216 g/mol. The van der Waals surface area contributed by atoms with Crippen molar-refractivity contribution in [2.75, 3.05) is 24.6 Å². The van der Waals surface area contributed by atoms with Crippen LogP contribution in [0.5, 0.6) is 5.88 Å². The highest BCUT2D eigenvalue weighted by Crippen LogP contribution is 2.24. The predicted molar refractivity (Wildman–Crippen MR) is 67.2 cm³/mol. The summed E-state index contributed by atoms with van der Waals surface area (Å²) in [5, 5.41) is 0. The highest BCUT2D eigenvalue weighted by molar-refractivity contribution is 5.43. The molecule has 2 heterocycles. The molecule has 1 saturated heterocycles. The minimum atomic E-state index is 0.406. The van der Waals surface area contributed by atoms with Crippen LogP contribution in [0.1, 0.15) is 26.2 Å². The average molecular weight is 236 g/mol. The maximum absolute atomic E-state index is 5.76. The first-order chi connectivity index (χ1) is 8.35. The topological polar surface area (TPSA) is 64.3 Å². The second kappa shape index (κ2) is 5.82. The molecule has 1 aliphatic rings. The highest BCUT2D eigenvalue weighted by atomic mass is 16.5. The lowest BCUT2D eigenvalue weighted by Crippen LogP contribution is -2.35. The van der Waals surface area contributed by atoms with Gasteiger partial charge in [0.2, 0.25) is 5.88 Å². The average Bonchev–Trinajstić information content (AvgIpc) is 2.85. The molecule has 0 aliphatic carbocycles. The number of hydrogen-bond donors (Lipinski definition) is 1. The van der Waals surface area contributed by atoms with Gasteiger partial charge in [-0.25, -0.2) is 9.97 Å². The first-order valence-corrected chi connectivity index (χ1v) is 6.26. The van der Waals surface area contributed by atoms with Crippen LogP contribution in [0.25, 0.3) is 0 Å². The van der Waals surface area contributed by atoms with Gasteiger partial charge in [0, 0.05) is 25.2 Å². The summed E-state index contributed by atoms with van der Waals surface area (Å²) in [4.78, 5) is 10.7. The molecule has 1 fully saturated rings. The molecule has 2 rings (SSSR count). The van der Waals surface area contributed by atoms with Crippen LogP contribution in [0.4, 0.5) is 5.82 Å². The zero-order valence-electron chi connectivity index (χ0n) is 10.3. The van der Waals surface area contributed by atoms with E-state index in [-0.39, 0.29) is 0 Å². The molecule has 0 saturated carbocycles. The number of rotatable bonds is 5. The summed E-state index contributed by atoms with van der Waals surface area (Å²) >= 11 is 0. The third kappa shape index (κ3) is 2.85. The number of nitrogens with zero attached hydrogens (tertiary/aromatic N) is 3. The van der Waals surface area contributed by atoms with Crippen molar-refractivity contribution < 1.29 is 4.74 Å². The van der Waals surface area contributed by atoms with Gasteiger partial charge in [0.15, 0.2) is 0 Å². The van der Waals surface area contributed by atoms with Crippen LogP contribution in [0, 0.1) is 0 Å². The van der Waals surface area contributed by atoms with Gasteiger partial charge in [-0.3, -0.25) is 0 Å². The minimum Gasteiger partial charge on any atom is -0.478 e. The molecule has 2 N–H and O–H groups in total. The summed E-state index contributed by atoms with van der Waals surface area (Å²) in [5.41, 5.74) is 5.76. The van der Waals surface area contributed by atoms with E-state index in [4.69, 9.17) is 10.5 Å². The number of nitrogens with two attached hydrogens (primary N) is 1. The molecule has 0 spiro atoms. The Morgan fingerprint density at radius 1 is 1.53 bits per heavy atom. The first kappa shape index (κ1) is 12.1.